The van der Waals surface area contributed by atoms with Crippen LogP contribution in [0.4, 0.5) is 14.5 Å². The van der Waals surface area contributed by atoms with E-state index in [9.17, 15) is 13.6 Å². The minimum absolute atomic E-state index is 0.0581. The minimum Gasteiger partial charge on any atom is -0.360 e. The lowest BCUT2D eigenvalue weighted by molar-refractivity contribution is -0.914. The maximum Gasteiger partial charge on any atom is 0.159 e. The maximum atomic E-state index is 13.8. The van der Waals surface area contributed by atoms with E-state index in [-0.39, 0.29) is 11.3 Å². The monoisotopic (exact) mass is 331 g/mol. The molecule has 0 amide bonds. The Labute approximate surface area is 140 Å². The molecule has 126 valence electrons. The van der Waals surface area contributed by atoms with Crippen LogP contribution in [0.5, 0.6) is 0 Å². The van der Waals surface area contributed by atoms with E-state index in [4.69, 9.17) is 0 Å². The van der Waals surface area contributed by atoms with Gasteiger partial charge < -0.3 is 9.80 Å². The van der Waals surface area contributed by atoms with Gasteiger partial charge in [0.2, 0.25) is 0 Å². The number of nitrogens with one attached hydrogen (secondary N) is 1. The van der Waals surface area contributed by atoms with Crippen molar-refractivity contribution in [2.24, 2.45) is 0 Å². The molecule has 0 radical (unpaired) electrons. The second-order valence-electron chi connectivity index (χ2n) is 6.22. The zero-order valence-electron chi connectivity index (χ0n) is 13.7. The highest BCUT2D eigenvalue weighted by Gasteiger charge is 2.23. The van der Waals surface area contributed by atoms with Crippen molar-refractivity contribution in [1.29, 1.82) is 0 Å². The van der Waals surface area contributed by atoms with Gasteiger partial charge in [0.05, 0.1) is 31.7 Å². The van der Waals surface area contributed by atoms with Crippen LogP contribution in [0, 0.1) is 11.6 Å². The fourth-order valence-corrected chi connectivity index (χ4v) is 3.12. The largest absolute Gasteiger partial charge is 0.360 e. The van der Waals surface area contributed by atoms with Gasteiger partial charge in [-0.1, -0.05) is 6.07 Å². The van der Waals surface area contributed by atoms with Gasteiger partial charge in [0.15, 0.2) is 5.78 Å². The van der Waals surface area contributed by atoms with Crippen molar-refractivity contribution in [2.45, 2.75) is 13.5 Å². The third-order valence-corrected chi connectivity index (χ3v) is 4.60. The molecule has 3 nitrogen and oxygen atoms in total. The summed E-state index contributed by atoms with van der Waals surface area (Å²) in [4.78, 5) is 14.7. The van der Waals surface area contributed by atoms with Crippen LogP contribution >= 0.6 is 0 Å². The molecule has 1 heterocycles. The second kappa shape index (κ2) is 7.09. The molecule has 1 aliphatic rings. The molecule has 1 fully saturated rings. The number of carbonyl (C=O) groups is 1. The first-order chi connectivity index (χ1) is 11.5. The van der Waals surface area contributed by atoms with Gasteiger partial charge in [-0.2, -0.15) is 0 Å². The molecule has 2 aromatic rings. The van der Waals surface area contributed by atoms with Gasteiger partial charge in [-0.25, -0.2) is 8.78 Å². The highest BCUT2D eigenvalue weighted by molar-refractivity contribution is 5.94. The third kappa shape index (κ3) is 3.62. The second-order valence-corrected chi connectivity index (χ2v) is 6.22. The van der Waals surface area contributed by atoms with Gasteiger partial charge >= 0.3 is 0 Å². The van der Waals surface area contributed by atoms with E-state index in [0.29, 0.717) is 12.1 Å². The summed E-state index contributed by atoms with van der Waals surface area (Å²) in [6, 6.07) is 11.6. The van der Waals surface area contributed by atoms with E-state index in [2.05, 4.69) is 4.90 Å². The Morgan fingerprint density at radius 1 is 1.04 bits per heavy atom. The number of hydrogen-bond donors (Lipinski definition) is 1. The molecule has 1 aliphatic heterocycles. The standard InChI is InChI=1S/C19H20F2N2O/c1-14(24)15-5-7-16(8-6-15)23-11-9-22(10-12-23)13-17-18(20)3-2-4-19(17)21/h2-8H,9-13H2,1H3/p+1. The Hall–Kier alpha value is -2.27. The number of nitrogens with zero attached hydrogens (tertiary/aromatic N) is 1. The first-order valence-corrected chi connectivity index (χ1v) is 8.17. The topological polar surface area (TPSA) is 24.8 Å². The van der Waals surface area contributed by atoms with Gasteiger partial charge in [0.25, 0.3) is 0 Å². The molecule has 0 atom stereocenters. The molecule has 3 rings (SSSR count). The molecule has 0 aromatic heterocycles. The Morgan fingerprint density at radius 3 is 2.17 bits per heavy atom. The number of benzene rings is 2. The summed E-state index contributed by atoms with van der Waals surface area (Å²) in [6.07, 6.45) is 0. The van der Waals surface area contributed by atoms with Gasteiger partial charge in [0, 0.05) is 11.3 Å². The van der Waals surface area contributed by atoms with Crippen LogP contribution in [0.15, 0.2) is 42.5 Å². The summed E-state index contributed by atoms with van der Waals surface area (Å²) in [7, 11) is 0. The Morgan fingerprint density at radius 2 is 1.62 bits per heavy atom. The average molecular weight is 331 g/mol. The number of hydrogen-bond acceptors (Lipinski definition) is 2. The lowest BCUT2D eigenvalue weighted by Crippen LogP contribution is -3.13. The van der Waals surface area contributed by atoms with Crippen molar-refractivity contribution in [3.8, 4) is 0 Å². The van der Waals surface area contributed by atoms with Crippen LogP contribution in [-0.4, -0.2) is 32.0 Å². The van der Waals surface area contributed by atoms with Crippen molar-refractivity contribution in [3.63, 3.8) is 0 Å². The number of carbonyl (C=O) groups excluding carboxylic acids is 1. The number of piperazine rings is 1. The minimum atomic E-state index is -0.468. The van der Waals surface area contributed by atoms with E-state index in [1.165, 1.54) is 23.1 Å². The number of anilines is 1. The summed E-state index contributed by atoms with van der Waals surface area (Å²) in [5.41, 5.74) is 1.96. The summed E-state index contributed by atoms with van der Waals surface area (Å²) in [6.45, 7) is 5.22. The van der Waals surface area contributed by atoms with Crippen molar-refractivity contribution in [3.05, 3.63) is 65.2 Å². The van der Waals surface area contributed by atoms with E-state index >= 15 is 0 Å². The molecule has 1 saturated heterocycles. The smallest absolute Gasteiger partial charge is 0.159 e. The van der Waals surface area contributed by atoms with E-state index in [1.54, 1.807) is 6.92 Å². The SMILES string of the molecule is CC(=O)c1ccc(N2CC[NH+](Cc3c(F)cccc3F)CC2)cc1. The van der Waals surface area contributed by atoms with Gasteiger partial charge in [0.1, 0.15) is 18.2 Å². The molecule has 0 bridgehead atoms. The first-order valence-electron chi connectivity index (χ1n) is 8.17. The van der Waals surface area contributed by atoms with E-state index < -0.39 is 11.6 Å². The highest BCUT2D eigenvalue weighted by Crippen LogP contribution is 2.16. The molecule has 1 N–H and O–H groups in total. The summed E-state index contributed by atoms with van der Waals surface area (Å²) >= 11 is 0. The Kier molecular flexibility index (Phi) is 4.90. The fourth-order valence-electron chi connectivity index (χ4n) is 3.12. The van der Waals surface area contributed by atoms with Gasteiger partial charge in [-0.3, -0.25) is 4.79 Å². The molecule has 0 unspecified atom stereocenters. The number of ketones is 1. The van der Waals surface area contributed by atoms with Crippen LogP contribution in [0.2, 0.25) is 0 Å². The van der Waals surface area contributed by atoms with Crippen LogP contribution in [0.3, 0.4) is 0 Å². The van der Waals surface area contributed by atoms with Crippen molar-refractivity contribution < 1.29 is 18.5 Å². The molecule has 0 aliphatic carbocycles. The number of halogens is 2. The molecule has 24 heavy (non-hydrogen) atoms. The Bertz CT molecular complexity index is 702. The number of quaternary nitrogens is 1. The molecule has 0 saturated carbocycles. The molecule has 5 heteroatoms. The quantitative estimate of drug-likeness (QED) is 0.868. The zero-order chi connectivity index (χ0) is 17.1. The summed E-state index contributed by atoms with van der Waals surface area (Å²) in [5.74, 6) is -0.878. The van der Waals surface area contributed by atoms with Gasteiger partial charge in [-0.05, 0) is 43.3 Å². The van der Waals surface area contributed by atoms with E-state index in [0.717, 1.165) is 31.9 Å². The van der Waals surface area contributed by atoms with Crippen LogP contribution < -0.4 is 9.80 Å². The average Bonchev–Trinajstić information content (AvgIpc) is 2.59. The van der Waals surface area contributed by atoms with Crippen molar-refractivity contribution in [1.82, 2.24) is 0 Å². The van der Waals surface area contributed by atoms with Crippen molar-refractivity contribution >= 4 is 11.5 Å². The van der Waals surface area contributed by atoms with Crippen LogP contribution in [0.1, 0.15) is 22.8 Å². The lowest BCUT2D eigenvalue weighted by Gasteiger charge is -2.33. The lowest BCUT2D eigenvalue weighted by atomic mass is 10.1. The third-order valence-electron chi connectivity index (χ3n) is 4.60. The fraction of sp³-hybridized carbons (Fsp3) is 0.316. The molecule has 0 spiro atoms. The van der Waals surface area contributed by atoms with Gasteiger partial charge in [-0.15, -0.1) is 0 Å². The van der Waals surface area contributed by atoms with Crippen molar-refractivity contribution in [2.75, 3.05) is 31.1 Å². The molecule has 2 aromatic carbocycles. The zero-order valence-corrected chi connectivity index (χ0v) is 13.7. The Balaban J connectivity index is 1.60. The molecular weight excluding hydrogens is 310 g/mol. The van der Waals surface area contributed by atoms with Crippen LogP contribution in [0.25, 0.3) is 0 Å². The maximum absolute atomic E-state index is 13.8. The summed E-state index contributed by atoms with van der Waals surface area (Å²) in [5, 5.41) is 0. The number of rotatable bonds is 4. The van der Waals surface area contributed by atoms with Crippen LogP contribution in [-0.2, 0) is 6.54 Å². The van der Waals surface area contributed by atoms with E-state index in [1.807, 2.05) is 24.3 Å². The molecular formula is C19H21F2N2O+. The predicted molar refractivity (Wildman–Crippen MR) is 89.4 cm³/mol. The summed E-state index contributed by atoms with van der Waals surface area (Å²) < 4.78 is 27.5. The first kappa shape index (κ1) is 16.6. The normalized spacial score (nSPS) is 15.5. The predicted octanol–water partition coefficient (Wildman–Crippen LogP) is 2.07. The number of Topliss-reactive ketones (excluding diaryl/α,β-unsaturated/α-hetero) is 1. The highest BCUT2D eigenvalue weighted by atomic mass is 19.1.